The zero-order valence-corrected chi connectivity index (χ0v) is 15.6. The number of aryl methyl sites for hydroxylation is 1. The number of nitrogens with zero attached hydrogens (tertiary/aromatic N) is 6. The molecule has 1 aliphatic rings. The summed E-state index contributed by atoms with van der Waals surface area (Å²) in [6, 6.07) is 6.10. The van der Waals surface area contributed by atoms with E-state index in [0.29, 0.717) is 18.3 Å². The number of pyridine rings is 1. The number of hydrogen-bond donors (Lipinski definition) is 1. The average Bonchev–Trinajstić information content (AvgIpc) is 3.01. The topological polar surface area (TPSA) is 71.8 Å². The van der Waals surface area contributed by atoms with Gasteiger partial charge in [-0.3, -0.25) is 9.58 Å². The molecule has 0 bridgehead atoms. The highest BCUT2D eigenvalue weighted by Crippen LogP contribution is 2.20. The van der Waals surface area contributed by atoms with Crippen LogP contribution in [0.3, 0.4) is 0 Å². The summed E-state index contributed by atoms with van der Waals surface area (Å²) in [5.41, 5.74) is 3.05. The maximum absolute atomic E-state index is 4.75. The third kappa shape index (κ3) is 3.53. The Morgan fingerprint density at radius 3 is 2.96 bits per heavy atom. The molecular formula is C19H25N7. The van der Waals surface area contributed by atoms with Gasteiger partial charge < -0.3 is 5.32 Å². The Morgan fingerprint density at radius 1 is 1.23 bits per heavy atom. The molecule has 136 valence electrons. The number of aromatic nitrogens is 5. The van der Waals surface area contributed by atoms with Crippen LogP contribution in [0.25, 0.3) is 11.0 Å². The first-order valence-electron chi connectivity index (χ1n) is 9.19. The Kier molecular flexibility index (Phi) is 4.55. The van der Waals surface area contributed by atoms with Crippen LogP contribution in [0.15, 0.2) is 24.4 Å². The minimum Gasteiger partial charge on any atom is -0.364 e. The number of hydrogen-bond acceptors (Lipinski definition) is 6. The van der Waals surface area contributed by atoms with Crippen molar-refractivity contribution in [1.82, 2.24) is 29.6 Å². The van der Waals surface area contributed by atoms with Crippen molar-refractivity contribution >= 4 is 16.9 Å². The molecule has 1 aliphatic heterocycles. The van der Waals surface area contributed by atoms with Crippen LogP contribution in [0.5, 0.6) is 0 Å². The maximum atomic E-state index is 4.75. The molecule has 7 heteroatoms. The van der Waals surface area contributed by atoms with E-state index in [-0.39, 0.29) is 0 Å². The fraction of sp³-hybridized carbons (Fsp3) is 0.474. The fourth-order valence-electron chi connectivity index (χ4n) is 3.52. The van der Waals surface area contributed by atoms with Crippen LogP contribution >= 0.6 is 0 Å². The molecule has 1 N–H and O–H groups in total. The fourth-order valence-corrected chi connectivity index (χ4v) is 3.52. The highest BCUT2D eigenvalue weighted by atomic mass is 15.3. The highest BCUT2D eigenvalue weighted by molar-refractivity contribution is 5.86. The van der Waals surface area contributed by atoms with Gasteiger partial charge in [0.15, 0.2) is 5.65 Å². The third-order valence-corrected chi connectivity index (χ3v) is 4.57. The largest absolute Gasteiger partial charge is 0.364 e. The summed E-state index contributed by atoms with van der Waals surface area (Å²) in [5, 5.41) is 9.10. The Hall–Kier alpha value is -2.54. The van der Waals surface area contributed by atoms with Gasteiger partial charge in [0.1, 0.15) is 11.6 Å². The smallest absolute Gasteiger partial charge is 0.164 e. The summed E-state index contributed by atoms with van der Waals surface area (Å²) in [4.78, 5) is 15.8. The monoisotopic (exact) mass is 351 g/mol. The molecule has 0 saturated heterocycles. The Morgan fingerprint density at radius 2 is 2.12 bits per heavy atom. The molecule has 0 atom stereocenters. The van der Waals surface area contributed by atoms with Crippen molar-refractivity contribution in [2.45, 2.75) is 40.4 Å². The second kappa shape index (κ2) is 6.99. The van der Waals surface area contributed by atoms with Crippen molar-refractivity contribution in [3.63, 3.8) is 0 Å². The minimum atomic E-state index is 0.643. The molecule has 0 unspecified atom stereocenters. The van der Waals surface area contributed by atoms with E-state index in [0.717, 1.165) is 48.7 Å². The van der Waals surface area contributed by atoms with E-state index < -0.39 is 0 Å². The van der Waals surface area contributed by atoms with Crippen LogP contribution in [0.2, 0.25) is 0 Å². The second-order valence-electron chi connectivity index (χ2n) is 7.33. The van der Waals surface area contributed by atoms with Crippen molar-refractivity contribution in [3.05, 3.63) is 41.6 Å². The van der Waals surface area contributed by atoms with Gasteiger partial charge in [-0.05, 0) is 31.0 Å². The van der Waals surface area contributed by atoms with Crippen molar-refractivity contribution in [2.24, 2.45) is 5.92 Å². The summed E-state index contributed by atoms with van der Waals surface area (Å²) in [7, 11) is 0. The second-order valence-corrected chi connectivity index (χ2v) is 7.33. The van der Waals surface area contributed by atoms with Crippen molar-refractivity contribution in [3.8, 4) is 0 Å². The van der Waals surface area contributed by atoms with E-state index in [1.807, 2.05) is 19.1 Å². The van der Waals surface area contributed by atoms with Gasteiger partial charge in [0, 0.05) is 25.8 Å². The molecule has 7 nitrogen and oxygen atoms in total. The van der Waals surface area contributed by atoms with Crippen LogP contribution in [0.1, 0.15) is 31.1 Å². The van der Waals surface area contributed by atoms with Crippen LogP contribution in [0.4, 0.5) is 5.82 Å². The summed E-state index contributed by atoms with van der Waals surface area (Å²) in [5.74, 6) is 2.22. The molecule has 4 rings (SSSR count). The van der Waals surface area contributed by atoms with E-state index in [4.69, 9.17) is 5.10 Å². The first-order valence-corrected chi connectivity index (χ1v) is 9.19. The maximum Gasteiger partial charge on any atom is 0.164 e. The molecule has 0 aliphatic carbocycles. The van der Waals surface area contributed by atoms with Gasteiger partial charge in [0.2, 0.25) is 0 Å². The highest BCUT2D eigenvalue weighted by Gasteiger charge is 2.19. The molecule has 0 amide bonds. The van der Waals surface area contributed by atoms with Crippen molar-refractivity contribution in [2.75, 3.05) is 18.4 Å². The number of rotatable bonds is 5. The summed E-state index contributed by atoms with van der Waals surface area (Å²) < 4.78 is 2.14. The van der Waals surface area contributed by atoms with E-state index in [2.05, 4.69) is 49.8 Å². The number of anilines is 1. The average molecular weight is 351 g/mol. The first-order chi connectivity index (χ1) is 12.6. The van der Waals surface area contributed by atoms with E-state index in [1.54, 1.807) is 6.20 Å². The van der Waals surface area contributed by atoms with Gasteiger partial charge in [0.05, 0.1) is 29.9 Å². The summed E-state index contributed by atoms with van der Waals surface area (Å²) >= 11 is 0. The molecule has 0 radical (unpaired) electrons. The minimum absolute atomic E-state index is 0.643. The van der Waals surface area contributed by atoms with Crippen LogP contribution in [0, 0.1) is 12.8 Å². The predicted molar refractivity (Wildman–Crippen MR) is 102 cm³/mol. The van der Waals surface area contributed by atoms with Gasteiger partial charge in [-0.15, -0.1) is 0 Å². The predicted octanol–water partition coefficient (Wildman–Crippen LogP) is 2.61. The summed E-state index contributed by atoms with van der Waals surface area (Å²) in [6.45, 7) is 11.2. The van der Waals surface area contributed by atoms with E-state index >= 15 is 0 Å². The lowest BCUT2D eigenvalue weighted by Gasteiger charge is -2.28. The summed E-state index contributed by atoms with van der Waals surface area (Å²) in [6.07, 6.45) is 1.75. The van der Waals surface area contributed by atoms with Gasteiger partial charge in [-0.2, -0.15) is 5.10 Å². The molecule has 0 fully saturated rings. The van der Waals surface area contributed by atoms with Gasteiger partial charge in [0.25, 0.3) is 0 Å². The van der Waals surface area contributed by atoms with E-state index in [1.165, 1.54) is 5.69 Å². The van der Waals surface area contributed by atoms with Crippen LogP contribution in [-0.2, 0) is 19.6 Å². The normalized spacial score (nSPS) is 14.8. The zero-order valence-electron chi connectivity index (χ0n) is 15.6. The molecule has 0 saturated carbocycles. The van der Waals surface area contributed by atoms with E-state index in [9.17, 15) is 0 Å². The van der Waals surface area contributed by atoms with Crippen LogP contribution < -0.4 is 5.32 Å². The van der Waals surface area contributed by atoms with Gasteiger partial charge >= 0.3 is 0 Å². The van der Waals surface area contributed by atoms with Crippen molar-refractivity contribution in [1.29, 1.82) is 0 Å². The Labute approximate surface area is 153 Å². The quantitative estimate of drug-likeness (QED) is 0.762. The molecule has 0 spiro atoms. The standard InChI is InChI=1S/C19H25N7/c1-13(2)11-25-7-8-26-16(12-25)9-15(24-26)10-21-19-17-5-4-6-20-18(17)22-14(3)23-19/h4-6,9,13H,7-8,10-12H2,1-3H3,(H,20,21,22,23). The lowest BCUT2D eigenvalue weighted by Crippen LogP contribution is -2.36. The van der Waals surface area contributed by atoms with Gasteiger partial charge in [-0.1, -0.05) is 13.8 Å². The van der Waals surface area contributed by atoms with Crippen molar-refractivity contribution < 1.29 is 0 Å². The lowest BCUT2D eigenvalue weighted by atomic mass is 10.2. The molecule has 0 aromatic carbocycles. The molecule has 3 aromatic rings. The molecular weight excluding hydrogens is 326 g/mol. The lowest BCUT2D eigenvalue weighted by molar-refractivity contribution is 0.192. The first kappa shape index (κ1) is 16.9. The number of fused-ring (bicyclic) bond motifs is 2. The third-order valence-electron chi connectivity index (χ3n) is 4.57. The number of nitrogens with one attached hydrogen (secondary N) is 1. The van der Waals surface area contributed by atoms with Crippen LogP contribution in [-0.4, -0.2) is 42.7 Å². The van der Waals surface area contributed by atoms with Gasteiger partial charge in [-0.25, -0.2) is 15.0 Å². The molecule has 3 aromatic heterocycles. The SMILES string of the molecule is Cc1nc(NCc2cc3n(n2)CCN(CC(C)C)C3)c2cccnc2n1. The molecule has 26 heavy (non-hydrogen) atoms. The molecule has 4 heterocycles. The zero-order chi connectivity index (χ0) is 18.1. The Bertz CT molecular complexity index is 915. The Balaban J connectivity index is 1.49.